The van der Waals surface area contributed by atoms with Crippen molar-refractivity contribution in [2.75, 3.05) is 0 Å². The molecule has 4 atom stereocenters. The third kappa shape index (κ3) is 5.11. The van der Waals surface area contributed by atoms with Crippen LogP contribution in [0.3, 0.4) is 0 Å². The van der Waals surface area contributed by atoms with E-state index in [0.29, 0.717) is 25.7 Å². The summed E-state index contributed by atoms with van der Waals surface area (Å²) in [5, 5.41) is 12.2. The zero-order valence-electron chi connectivity index (χ0n) is 13.8. The molecule has 0 aromatic rings. The smallest absolute Gasteiger partial charge is 0.391 e. The Hall–Kier alpha value is -1.27. The first kappa shape index (κ1) is 19.1. The van der Waals surface area contributed by atoms with Gasteiger partial charge in [-0.2, -0.15) is 13.2 Å². The minimum absolute atomic E-state index is 0.0778. The molecule has 2 N–H and O–H groups in total. The maximum atomic E-state index is 12.9. The van der Waals surface area contributed by atoms with Crippen molar-refractivity contribution in [3.05, 3.63) is 0 Å². The number of carbonyl (C=O) groups is 2. The second kappa shape index (κ2) is 8.21. The summed E-state index contributed by atoms with van der Waals surface area (Å²) in [5.41, 5.74) is 0. The Bertz CT molecular complexity index is 453. The zero-order valence-corrected chi connectivity index (χ0v) is 13.8. The van der Waals surface area contributed by atoms with E-state index < -0.39 is 41.8 Å². The van der Waals surface area contributed by atoms with Crippen molar-refractivity contribution in [2.24, 2.45) is 17.8 Å². The van der Waals surface area contributed by atoms with Gasteiger partial charge < -0.3 is 10.4 Å². The lowest BCUT2D eigenvalue weighted by atomic mass is 9.80. The van der Waals surface area contributed by atoms with Gasteiger partial charge in [-0.15, -0.1) is 0 Å². The predicted octanol–water partition coefficient (Wildman–Crippen LogP) is 3.89. The summed E-state index contributed by atoms with van der Waals surface area (Å²) in [6.07, 6.45) is 1.19. The lowest BCUT2D eigenvalue weighted by Gasteiger charge is -2.32. The molecule has 0 aliphatic heterocycles. The third-order valence-corrected chi connectivity index (χ3v) is 5.42. The van der Waals surface area contributed by atoms with Gasteiger partial charge in [0.25, 0.3) is 0 Å². The van der Waals surface area contributed by atoms with Gasteiger partial charge in [0.15, 0.2) is 0 Å². The highest BCUT2D eigenvalue weighted by Crippen LogP contribution is 2.40. The van der Waals surface area contributed by atoms with Crippen LogP contribution >= 0.6 is 0 Å². The molecule has 0 saturated heterocycles. The maximum absolute atomic E-state index is 12.9. The van der Waals surface area contributed by atoms with Gasteiger partial charge >= 0.3 is 12.1 Å². The van der Waals surface area contributed by atoms with Gasteiger partial charge in [-0.05, 0) is 32.1 Å². The van der Waals surface area contributed by atoms with Crippen molar-refractivity contribution in [1.29, 1.82) is 0 Å². The molecule has 138 valence electrons. The van der Waals surface area contributed by atoms with E-state index in [4.69, 9.17) is 0 Å². The van der Waals surface area contributed by atoms with Crippen LogP contribution in [0.15, 0.2) is 0 Å². The number of hydrogen-bond acceptors (Lipinski definition) is 2. The Morgan fingerprint density at radius 3 is 2.21 bits per heavy atom. The molecule has 0 bridgehead atoms. The average molecular weight is 349 g/mol. The number of rotatable bonds is 3. The van der Waals surface area contributed by atoms with Crippen molar-refractivity contribution in [3.63, 3.8) is 0 Å². The Balaban J connectivity index is 1.99. The quantitative estimate of drug-likeness (QED) is 0.812. The molecule has 2 saturated carbocycles. The number of carboxylic acids is 1. The van der Waals surface area contributed by atoms with E-state index in [2.05, 4.69) is 5.32 Å². The average Bonchev–Trinajstić information content (AvgIpc) is 2.49. The van der Waals surface area contributed by atoms with Gasteiger partial charge in [-0.1, -0.05) is 32.1 Å². The fraction of sp³-hybridized carbons (Fsp3) is 0.882. The van der Waals surface area contributed by atoms with Gasteiger partial charge in [-0.3, -0.25) is 9.59 Å². The number of nitrogens with one attached hydrogen (secondary N) is 1. The highest BCUT2D eigenvalue weighted by molar-refractivity contribution is 5.80. The van der Waals surface area contributed by atoms with Gasteiger partial charge in [0.05, 0.1) is 11.8 Å². The highest BCUT2D eigenvalue weighted by Gasteiger charge is 2.44. The molecule has 24 heavy (non-hydrogen) atoms. The fourth-order valence-corrected chi connectivity index (χ4v) is 3.98. The first-order valence-electron chi connectivity index (χ1n) is 8.89. The third-order valence-electron chi connectivity index (χ3n) is 5.42. The van der Waals surface area contributed by atoms with Crippen LogP contribution in [0.5, 0.6) is 0 Å². The molecule has 2 aliphatic carbocycles. The van der Waals surface area contributed by atoms with Crippen LogP contribution in [-0.4, -0.2) is 29.2 Å². The second-order valence-electron chi connectivity index (χ2n) is 7.15. The van der Waals surface area contributed by atoms with Crippen molar-refractivity contribution in [3.8, 4) is 0 Å². The van der Waals surface area contributed by atoms with Crippen molar-refractivity contribution in [2.45, 2.75) is 76.4 Å². The summed E-state index contributed by atoms with van der Waals surface area (Å²) < 4.78 is 38.7. The standard InChI is InChI=1S/C17H26F3NO3/c18-17(19,20)12-7-5-6-11(10-12)15(22)21-14-9-4-2-1-3-8-13(14)16(23)24/h11-14H,1-10H2,(H,21,22)(H,23,24). The van der Waals surface area contributed by atoms with Crippen LogP contribution in [-0.2, 0) is 9.59 Å². The Morgan fingerprint density at radius 1 is 0.917 bits per heavy atom. The molecule has 2 fully saturated rings. The molecule has 7 heteroatoms. The highest BCUT2D eigenvalue weighted by atomic mass is 19.4. The number of halogens is 3. The lowest BCUT2D eigenvalue weighted by Crippen LogP contribution is -2.47. The maximum Gasteiger partial charge on any atom is 0.391 e. The Morgan fingerprint density at radius 2 is 1.58 bits per heavy atom. The van der Waals surface area contributed by atoms with E-state index >= 15 is 0 Å². The van der Waals surface area contributed by atoms with Gasteiger partial charge in [0.2, 0.25) is 5.91 Å². The van der Waals surface area contributed by atoms with Crippen molar-refractivity contribution in [1.82, 2.24) is 5.32 Å². The van der Waals surface area contributed by atoms with Crippen molar-refractivity contribution < 1.29 is 27.9 Å². The Kier molecular flexibility index (Phi) is 6.52. The van der Waals surface area contributed by atoms with E-state index in [9.17, 15) is 27.9 Å². The Labute approximate surface area is 140 Å². The largest absolute Gasteiger partial charge is 0.481 e. The molecule has 2 rings (SSSR count). The van der Waals surface area contributed by atoms with E-state index in [1.165, 1.54) is 0 Å². The number of carbonyl (C=O) groups excluding carboxylic acids is 1. The molecule has 0 heterocycles. The van der Waals surface area contributed by atoms with Gasteiger partial charge in [0, 0.05) is 12.0 Å². The van der Waals surface area contributed by atoms with Gasteiger partial charge in [-0.25, -0.2) is 0 Å². The molecule has 2 aliphatic rings. The summed E-state index contributed by atoms with van der Waals surface area (Å²) in [4.78, 5) is 23.9. The number of aliphatic carboxylic acids is 1. The van der Waals surface area contributed by atoms with Crippen LogP contribution in [0, 0.1) is 17.8 Å². The molecule has 4 nitrogen and oxygen atoms in total. The predicted molar refractivity (Wildman–Crippen MR) is 82.3 cm³/mol. The van der Waals surface area contributed by atoms with Crippen LogP contribution in [0.2, 0.25) is 0 Å². The lowest BCUT2D eigenvalue weighted by molar-refractivity contribution is -0.186. The van der Waals surface area contributed by atoms with E-state index in [-0.39, 0.29) is 12.8 Å². The first-order valence-corrected chi connectivity index (χ1v) is 8.89. The summed E-state index contributed by atoms with van der Waals surface area (Å²) >= 11 is 0. The van der Waals surface area contributed by atoms with Crippen LogP contribution in [0.1, 0.15) is 64.2 Å². The van der Waals surface area contributed by atoms with E-state index in [1.54, 1.807) is 0 Å². The number of alkyl halides is 3. The SMILES string of the molecule is O=C(NC1CCCCCCC1C(=O)O)C1CCCC(C(F)(F)F)C1. The minimum Gasteiger partial charge on any atom is -0.481 e. The minimum atomic E-state index is -4.26. The first-order chi connectivity index (χ1) is 11.3. The molecule has 1 amide bonds. The zero-order chi connectivity index (χ0) is 17.7. The van der Waals surface area contributed by atoms with Crippen molar-refractivity contribution >= 4 is 11.9 Å². The topological polar surface area (TPSA) is 66.4 Å². The van der Waals surface area contributed by atoms with E-state index in [0.717, 1.165) is 25.7 Å². The molecule has 0 spiro atoms. The molecule has 4 unspecified atom stereocenters. The summed E-state index contributed by atoms with van der Waals surface area (Å²) in [6.45, 7) is 0. The summed E-state index contributed by atoms with van der Waals surface area (Å²) in [7, 11) is 0. The van der Waals surface area contributed by atoms with Crippen LogP contribution in [0.25, 0.3) is 0 Å². The molecule has 0 radical (unpaired) electrons. The van der Waals surface area contributed by atoms with Gasteiger partial charge in [0.1, 0.15) is 0 Å². The summed E-state index contributed by atoms with van der Waals surface area (Å²) in [6, 6.07) is -0.471. The number of amides is 1. The van der Waals surface area contributed by atoms with E-state index in [1.807, 2.05) is 0 Å². The molecular weight excluding hydrogens is 323 g/mol. The normalized spacial score (nSPS) is 32.5. The number of hydrogen-bond donors (Lipinski definition) is 2. The summed E-state index contributed by atoms with van der Waals surface area (Å²) in [5.74, 6) is -4.06. The molecule has 0 aromatic heterocycles. The number of carboxylic acid groups (broad SMARTS) is 1. The monoisotopic (exact) mass is 349 g/mol. The fourth-order valence-electron chi connectivity index (χ4n) is 3.98. The molecular formula is C17H26F3NO3. The molecule has 0 aromatic carbocycles. The second-order valence-corrected chi connectivity index (χ2v) is 7.15. The van der Waals surface area contributed by atoms with Crippen LogP contribution in [0.4, 0.5) is 13.2 Å². The van der Waals surface area contributed by atoms with Crippen LogP contribution < -0.4 is 5.32 Å².